The van der Waals surface area contributed by atoms with Gasteiger partial charge < -0.3 is 9.15 Å². The molecule has 0 bridgehead atoms. The number of rotatable bonds is 5. The molecule has 0 radical (unpaired) electrons. The van der Waals surface area contributed by atoms with E-state index in [1.54, 1.807) is 35.4 Å². The van der Waals surface area contributed by atoms with Crippen LogP contribution in [-0.2, 0) is 0 Å². The van der Waals surface area contributed by atoms with Gasteiger partial charge in [-0.3, -0.25) is 14.5 Å². The van der Waals surface area contributed by atoms with E-state index < -0.39 is 6.04 Å². The number of anilines is 1. The Morgan fingerprint density at radius 3 is 2.56 bits per heavy atom. The molecule has 1 unspecified atom stereocenters. The number of ether oxygens (including phenoxy) is 1. The van der Waals surface area contributed by atoms with Crippen molar-refractivity contribution in [2.24, 2.45) is 0 Å². The van der Waals surface area contributed by atoms with Crippen LogP contribution < -0.4 is 15.1 Å². The minimum Gasteiger partial charge on any atom is -0.494 e. The number of carbonyl (C=O) groups excluding carboxylic acids is 1. The van der Waals surface area contributed by atoms with E-state index in [1.807, 2.05) is 50.2 Å². The molecule has 6 nitrogen and oxygen atoms in total. The number of hydrogen-bond acceptors (Lipinski definition) is 5. The summed E-state index contributed by atoms with van der Waals surface area (Å²) in [4.78, 5) is 33.1. The second kappa shape index (κ2) is 7.96. The van der Waals surface area contributed by atoms with Crippen LogP contribution in [0, 0.1) is 6.92 Å². The lowest BCUT2D eigenvalue weighted by Gasteiger charge is -2.25. The molecule has 4 aromatic rings. The van der Waals surface area contributed by atoms with E-state index in [0.29, 0.717) is 29.0 Å². The van der Waals surface area contributed by atoms with Gasteiger partial charge >= 0.3 is 0 Å². The number of aromatic nitrogens is 1. The minimum absolute atomic E-state index is 0.0649. The number of nitrogens with zero attached hydrogens (tertiary/aromatic N) is 2. The molecule has 6 heteroatoms. The predicted octanol–water partition coefficient (Wildman–Crippen LogP) is 5.04. The van der Waals surface area contributed by atoms with Gasteiger partial charge in [0.2, 0.25) is 5.76 Å². The van der Waals surface area contributed by atoms with E-state index in [4.69, 9.17) is 9.15 Å². The zero-order valence-electron chi connectivity index (χ0n) is 17.9. The highest BCUT2D eigenvalue weighted by molar-refractivity contribution is 6.10. The third-order valence-electron chi connectivity index (χ3n) is 5.66. The summed E-state index contributed by atoms with van der Waals surface area (Å²) in [6, 6.07) is 17.6. The monoisotopic (exact) mass is 426 g/mol. The summed E-state index contributed by atoms with van der Waals surface area (Å²) in [5.74, 6) is 0.936. The molecule has 1 aliphatic heterocycles. The molecule has 0 saturated heterocycles. The van der Waals surface area contributed by atoms with Crippen molar-refractivity contribution < 1.29 is 13.9 Å². The Balaban J connectivity index is 1.73. The first kappa shape index (κ1) is 20.0. The molecule has 0 N–H and O–H groups in total. The van der Waals surface area contributed by atoms with E-state index in [-0.39, 0.29) is 17.1 Å². The summed E-state index contributed by atoms with van der Waals surface area (Å²) in [5, 5.41) is 0.451. The highest BCUT2D eigenvalue weighted by Gasteiger charge is 2.44. The third-order valence-corrected chi connectivity index (χ3v) is 5.66. The van der Waals surface area contributed by atoms with E-state index in [0.717, 1.165) is 23.3 Å². The molecule has 0 spiro atoms. The van der Waals surface area contributed by atoms with E-state index in [1.165, 1.54) is 0 Å². The Hall–Kier alpha value is -3.93. The first-order valence-electron chi connectivity index (χ1n) is 10.6. The maximum atomic E-state index is 13.6. The lowest BCUT2D eigenvalue weighted by molar-refractivity contribution is 0.0970. The van der Waals surface area contributed by atoms with Gasteiger partial charge in [0.15, 0.2) is 5.43 Å². The van der Waals surface area contributed by atoms with E-state index in [9.17, 15) is 9.59 Å². The second-order valence-corrected chi connectivity index (χ2v) is 7.81. The van der Waals surface area contributed by atoms with Gasteiger partial charge in [-0.1, -0.05) is 37.3 Å². The Labute approximate surface area is 185 Å². The number of hydrogen-bond donors (Lipinski definition) is 0. The summed E-state index contributed by atoms with van der Waals surface area (Å²) >= 11 is 0. The number of amides is 1. The predicted molar refractivity (Wildman–Crippen MR) is 122 cm³/mol. The topological polar surface area (TPSA) is 72.6 Å². The molecule has 32 heavy (non-hydrogen) atoms. The summed E-state index contributed by atoms with van der Waals surface area (Å²) in [5.41, 5.74) is 2.14. The lowest BCUT2D eigenvalue weighted by Crippen LogP contribution is -2.30. The van der Waals surface area contributed by atoms with E-state index >= 15 is 0 Å². The zero-order valence-corrected chi connectivity index (χ0v) is 17.9. The average Bonchev–Trinajstić information content (AvgIpc) is 3.11. The first-order valence-corrected chi connectivity index (χ1v) is 10.6. The summed E-state index contributed by atoms with van der Waals surface area (Å²) in [6.07, 6.45) is 2.55. The van der Waals surface area contributed by atoms with Crippen LogP contribution in [0.2, 0.25) is 0 Å². The van der Waals surface area contributed by atoms with Gasteiger partial charge in [0.05, 0.1) is 23.6 Å². The number of benzene rings is 2. The van der Waals surface area contributed by atoms with Gasteiger partial charge in [-0.2, -0.15) is 0 Å². The van der Waals surface area contributed by atoms with Crippen molar-refractivity contribution in [1.82, 2.24) is 4.98 Å². The molecule has 160 valence electrons. The van der Waals surface area contributed by atoms with Crippen molar-refractivity contribution in [2.45, 2.75) is 26.3 Å². The summed E-state index contributed by atoms with van der Waals surface area (Å²) < 4.78 is 11.7. The van der Waals surface area contributed by atoms with Crippen LogP contribution in [0.5, 0.6) is 5.75 Å². The van der Waals surface area contributed by atoms with Crippen molar-refractivity contribution >= 4 is 22.7 Å². The summed E-state index contributed by atoms with van der Waals surface area (Å²) in [6.45, 7) is 4.56. The number of para-hydroxylation sites is 1. The van der Waals surface area contributed by atoms with Crippen LogP contribution in [0.4, 0.5) is 5.82 Å². The van der Waals surface area contributed by atoms with Gasteiger partial charge in [-0.15, -0.1) is 0 Å². The van der Waals surface area contributed by atoms with Crippen LogP contribution in [0.25, 0.3) is 11.0 Å². The molecular formula is C26H22N2O4. The van der Waals surface area contributed by atoms with Crippen molar-refractivity contribution in [2.75, 3.05) is 11.5 Å². The molecule has 5 rings (SSSR count). The molecule has 2 aromatic heterocycles. The highest BCUT2D eigenvalue weighted by atomic mass is 16.5. The van der Waals surface area contributed by atoms with Crippen LogP contribution in [0.1, 0.15) is 46.6 Å². The fraction of sp³-hybridized carbons (Fsp3) is 0.192. The molecule has 0 aliphatic carbocycles. The fourth-order valence-electron chi connectivity index (χ4n) is 4.15. The van der Waals surface area contributed by atoms with Crippen molar-refractivity contribution in [3.05, 3.63) is 99.5 Å². The normalized spacial score (nSPS) is 15.2. The maximum absolute atomic E-state index is 13.6. The Bertz CT molecular complexity index is 1370. The second-order valence-electron chi connectivity index (χ2n) is 7.81. The molecule has 3 heterocycles. The first-order chi connectivity index (χ1) is 15.6. The molecule has 2 aromatic carbocycles. The van der Waals surface area contributed by atoms with E-state index in [2.05, 4.69) is 4.98 Å². The Morgan fingerprint density at radius 1 is 1.03 bits per heavy atom. The molecular weight excluding hydrogens is 404 g/mol. The zero-order chi connectivity index (χ0) is 22.2. The molecule has 0 fully saturated rings. The van der Waals surface area contributed by atoms with Crippen LogP contribution in [-0.4, -0.2) is 17.5 Å². The number of pyridine rings is 1. The standard InChI is InChI=1S/C26H22N2O4/c1-3-15-31-18-12-10-17(11-13-18)22-21-23(29)19-8-4-5-9-20(19)32-24(21)26(30)28(22)25-16(2)7-6-14-27-25/h4-14,22H,3,15H2,1-2H3. The van der Waals surface area contributed by atoms with Crippen LogP contribution in [0.3, 0.4) is 0 Å². The number of aryl methyl sites for hydroxylation is 1. The van der Waals surface area contributed by atoms with Crippen LogP contribution in [0.15, 0.2) is 76.1 Å². The quantitative estimate of drug-likeness (QED) is 0.447. The maximum Gasteiger partial charge on any atom is 0.296 e. The van der Waals surface area contributed by atoms with Gasteiger partial charge in [-0.05, 0) is 54.8 Å². The molecule has 1 atom stereocenters. The molecule has 1 aliphatic rings. The van der Waals surface area contributed by atoms with Crippen molar-refractivity contribution in [3.8, 4) is 5.75 Å². The third kappa shape index (κ3) is 3.15. The smallest absolute Gasteiger partial charge is 0.296 e. The van der Waals surface area contributed by atoms with Gasteiger partial charge in [0.25, 0.3) is 5.91 Å². The average molecular weight is 426 g/mol. The molecule has 0 saturated carbocycles. The summed E-state index contributed by atoms with van der Waals surface area (Å²) in [7, 11) is 0. The van der Waals surface area contributed by atoms with Gasteiger partial charge in [0.1, 0.15) is 17.2 Å². The lowest BCUT2D eigenvalue weighted by atomic mass is 9.98. The Kier molecular flexibility index (Phi) is 4.98. The van der Waals surface area contributed by atoms with Crippen LogP contribution >= 0.6 is 0 Å². The van der Waals surface area contributed by atoms with Crippen molar-refractivity contribution in [1.29, 1.82) is 0 Å². The molecule has 1 amide bonds. The van der Waals surface area contributed by atoms with Gasteiger partial charge in [-0.25, -0.2) is 4.98 Å². The van der Waals surface area contributed by atoms with Gasteiger partial charge in [0, 0.05) is 6.20 Å². The van der Waals surface area contributed by atoms with Crippen molar-refractivity contribution in [3.63, 3.8) is 0 Å². The Morgan fingerprint density at radius 2 is 1.81 bits per heavy atom. The number of carbonyl (C=O) groups is 1. The largest absolute Gasteiger partial charge is 0.494 e. The number of fused-ring (bicyclic) bond motifs is 2. The fourth-order valence-corrected chi connectivity index (χ4v) is 4.15. The SMILES string of the molecule is CCCOc1ccc(C2c3c(oc4ccccc4c3=O)C(=O)N2c2ncccc2C)cc1. The minimum atomic E-state index is -0.646. The highest BCUT2D eigenvalue weighted by Crippen LogP contribution is 2.41.